The molecule has 0 bridgehead atoms. The number of aromatic hydroxyl groups is 1. The lowest BCUT2D eigenvalue weighted by Gasteiger charge is -2.28. The molecule has 0 fully saturated rings. The van der Waals surface area contributed by atoms with Crippen LogP contribution in [0, 0.1) is 0 Å². The van der Waals surface area contributed by atoms with Crippen LogP contribution in [0.4, 0.5) is 0 Å². The third-order valence-electron chi connectivity index (χ3n) is 3.16. The first-order valence-corrected chi connectivity index (χ1v) is 6.22. The zero-order valence-electron chi connectivity index (χ0n) is 10.1. The van der Waals surface area contributed by atoms with Crippen molar-refractivity contribution in [2.75, 3.05) is 0 Å². The van der Waals surface area contributed by atoms with E-state index in [1.54, 1.807) is 36.4 Å². The van der Waals surface area contributed by atoms with Crippen molar-refractivity contribution >= 4 is 11.6 Å². The molecular formula is C15H15ClO2. The number of hydrogen-bond donors (Lipinski definition) is 2. The molecule has 2 aromatic carbocycles. The Labute approximate surface area is 111 Å². The average molecular weight is 263 g/mol. The summed E-state index contributed by atoms with van der Waals surface area (Å²) in [6.07, 6.45) is 0.526. The number of aliphatic hydroxyl groups is 1. The summed E-state index contributed by atoms with van der Waals surface area (Å²) in [5.74, 6) is 0.184. The highest BCUT2D eigenvalue weighted by Gasteiger charge is 2.29. The topological polar surface area (TPSA) is 40.5 Å². The first-order chi connectivity index (χ1) is 8.56. The Kier molecular flexibility index (Phi) is 3.60. The Hall–Kier alpha value is -1.51. The van der Waals surface area contributed by atoms with Crippen LogP contribution >= 0.6 is 11.6 Å². The van der Waals surface area contributed by atoms with Crippen molar-refractivity contribution in [2.45, 2.75) is 18.9 Å². The third-order valence-corrected chi connectivity index (χ3v) is 3.39. The van der Waals surface area contributed by atoms with Gasteiger partial charge < -0.3 is 10.2 Å². The molecule has 0 aromatic heterocycles. The van der Waals surface area contributed by atoms with Gasteiger partial charge in [-0.15, -0.1) is 0 Å². The first kappa shape index (κ1) is 12.9. The highest BCUT2D eigenvalue weighted by Crippen LogP contribution is 2.34. The van der Waals surface area contributed by atoms with Crippen LogP contribution in [0.2, 0.25) is 5.02 Å². The van der Waals surface area contributed by atoms with E-state index in [-0.39, 0.29) is 5.75 Å². The summed E-state index contributed by atoms with van der Waals surface area (Å²) >= 11 is 5.97. The first-order valence-electron chi connectivity index (χ1n) is 5.84. The van der Waals surface area contributed by atoms with Gasteiger partial charge in [0.1, 0.15) is 11.4 Å². The van der Waals surface area contributed by atoms with Crippen LogP contribution in [0.3, 0.4) is 0 Å². The Balaban J connectivity index is 2.51. The minimum Gasteiger partial charge on any atom is -0.508 e. The van der Waals surface area contributed by atoms with E-state index in [0.29, 0.717) is 11.4 Å². The molecule has 94 valence electrons. The maximum absolute atomic E-state index is 10.8. The summed E-state index contributed by atoms with van der Waals surface area (Å²) in [5, 5.41) is 20.7. The van der Waals surface area contributed by atoms with Crippen LogP contribution in [0.1, 0.15) is 24.5 Å². The molecule has 0 aliphatic rings. The van der Waals surface area contributed by atoms with Gasteiger partial charge in [0.25, 0.3) is 0 Å². The predicted octanol–water partition coefficient (Wildman–Crippen LogP) is 3.69. The minimum absolute atomic E-state index is 0.184. The van der Waals surface area contributed by atoms with E-state index in [0.717, 1.165) is 11.1 Å². The molecule has 18 heavy (non-hydrogen) atoms. The average Bonchev–Trinajstić information content (AvgIpc) is 2.38. The largest absolute Gasteiger partial charge is 0.508 e. The molecule has 3 heteroatoms. The Morgan fingerprint density at radius 1 is 1.06 bits per heavy atom. The van der Waals surface area contributed by atoms with Gasteiger partial charge in [-0.2, -0.15) is 0 Å². The highest BCUT2D eigenvalue weighted by molar-refractivity contribution is 6.30. The standard InChI is InChI=1S/C15H15ClO2/c1-2-15(18,11-6-8-14(17)9-7-11)12-4-3-5-13(16)10-12/h3-10,17-18H,2H2,1H3. The summed E-state index contributed by atoms with van der Waals surface area (Å²) in [6, 6.07) is 13.8. The van der Waals surface area contributed by atoms with Gasteiger partial charge in [0.15, 0.2) is 0 Å². The van der Waals surface area contributed by atoms with Crippen molar-refractivity contribution in [3.05, 3.63) is 64.7 Å². The lowest BCUT2D eigenvalue weighted by molar-refractivity contribution is 0.0765. The number of rotatable bonds is 3. The quantitative estimate of drug-likeness (QED) is 0.886. The van der Waals surface area contributed by atoms with E-state index in [4.69, 9.17) is 11.6 Å². The van der Waals surface area contributed by atoms with Crippen molar-refractivity contribution in [1.29, 1.82) is 0 Å². The second kappa shape index (κ2) is 5.01. The van der Waals surface area contributed by atoms with Gasteiger partial charge in [0.2, 0.25) is 0 Å². The van der Waals surface area contributed by atoms with Gasteiger partial charge in [-0.1, -0.05) is 42.8 Å². The molecule has 1 unspecified atom stereocenters. The summed E-state index contributed by atoms with van der Waals surface area (Å²) in [6.45, 7) is 1.91. The monoisotopic (exact) mass is 262 g/mol. The summed E-state index contributed by atoms with van der Waals surface area (Å²) in [4.78, 5) is 0. The Morgan fingerprint density at radius 3 is 2.28 bits per heavy atom. The molecule has 0 spiro atoms. The third kappa shape index (κ3) is 2.35. The van der Waals surface area contributed by atoms with Gasteiger partial charge in [0, 0.05) is 5.02 Å². The number of hydrogen-bond acceptors (Lipinski definition) is 2. The van der Waals surface area contributed by atoms with Crippen LogP contribution < -0.4 is 0 Å². The molecule has 2 N–H and O–H groups in total. The van der Waals surface area contributed by atoms with Gasteiger partial charge in [-0.25, -0.2) is 0 Å². The summed E-state index contributed by atoms with van der Waals surface area (Å²) < 4.78 is 0. The SMILES string of the molecule is CCC(O)(c1ccc(O)cc1)c1cccc(Cl)c1. The van der Waals surface area contributed by atoms with E-state index < -0.39 is 5.60 Å². The van der Waals surface area contributed by atoms with E-state index >= 15 is 0 Å². The molecule has 0 saturated carbocycles. The maximum atomic E-state index is 10.8. The lowest BCUT2D eigenvalue weighted by Crippen LogP contribution is -2.26. The molecule has 0 aliphatic carbocycles. The molecule has 2 rings (SSSR count). The smallest absolute Gasteiger partial charge is 0.115 e. The molecule has 2 nitrogen and oxygen atoms in total. The van der Waals surface area contributed by atoms with Crippen molar-refractivity contribution in [3.8, 4) is 5.75 Å². The van der Waals surface area contributed by atoms with E-state index in [1.807, 2.05) is 19.1 Å². The molecule has 0 aliphatic heterocycles. The lowest BCUT2D eigenvalue weighted by atomic mass is 9.84. The fourth-order valence-corrected chi connectivity index (χ4v) is 2.25. The minimum atomic E-state index is -1.08. The fourth-order valence-electron chi connectivity index (χ4n) is 2.06. The van der Waals surface area contributed by atoms with Gasteiger partial charge in [0.05, 0.1) is 0 Å². The Bertz CT molecular complexity index is 536. The van der Waals surface area contributed by atoms with E-state index in [9.17, 15) is 10.2 Å². The van der Waals surface area contributed by atoms with Crippen LogP contribution in [-0.2, 0) is 5.60 Å². The van der Waals surface area contributed by atoms with Crippen molar-refractivity contribution < 1.29 is 10.2 Å². The number of halogens is 1. The van der Waals surface area contributed by atoms with E-state index in [2.05, 4.69) is 0 Å². The van der Waals surface area contributed by atoms with Gasteiger partial charge in [-0.05, 0) is 41.8 Å². The molecule has 0 heterocycles. The van der Waals surface area contributed by atoms with Crippen LogP contribution in [0.15, 0.2) is 48.5 Å². The number of benzene rings is 2. The fraction of sp³-hybridized carbons (Fsp3) is 0.200. The Morgan fingerprint density at radius 2 is 1.72 bits per heavy atom. The van der Waals surface area contributed by atoms with Gasteiger partial charge >= 0.3 is 0 Å². The highest BCUT2D eigenvalue weighted by atomic mass is 35.5. The molecule has 0 radical (unpaired) electrons. The van der Waals surface area contributed by atoms with Gasteiger partial charge in [-0.3, -0.25) is 0 Å². The van der Waals surface area contributed by atoms with Crippen molar-refractivity contribution in [2.24, 2.45) is 0 Å². The predicted molar refractivity (Wildman–Crippen MR) is 72.8 cm³/mol. The number of phenols is 1. The molecule has 0 saturated heterocycles. The second-order valence-electron chi connectivity index (χ2n) is 4.27. The summed E-state index contributed by atoms with van der Waals surface area (Å²) in [5.41, 5.74) is 0.409. The van der Waals surface area contributed by atoms with Crippen molar-refractivity contribution in [3.63, 3.8) is 0 Å². The normalized spacial score (nSPS) is 14.2. The zero-order valence-corrected chi connectivity index (χ0v) is 10.9. The molecule has 1 atom stereocenters. The van der Waals surface area contributed by atoms with Crippen LogP contribution in [-0.4, -0.2) is 10.2 Å². The van der Waals surface area contributed by atoms with E-state index in [1.165, 1.54) is 0 Å². The second-order valence-corrected chi connectivity index (χ2v) is 4.71. The maximum Gasteiger partial charge on any atom is 0.115 e. The van der Waals surface area contributed by atoms with Crippen LogP contribution in [0.5, 0.6) is 5.75 Å². The molecule has 2 aromatic rings. The zero-order chi connectivity index (χ0) is 13.2. The summed E-state index contributed by atoms with van der Waals surface area (Å²) in [7, 11) is 0. The molecular weight excluding hydrogens is 248 g/mol. The number of phenolic OH excluding ortho intramolecular Hbond substituents is 1. The van der Waals surface area contributed by atoms with Crippen LogP contribution in [0.25, 0.3) is 0 Å². The van der Waals surface area contributed by atoms with Crippen molar-refractivity contribution in [1.82, 2.24) is 0 Å². The molecule has 0 amide bonds.